The molecule has 1 N–H and O–H groups in total. The van der Waals surface area contributed by atoms with Gasteiger partial charge in [0.25, 0.3) is 0 Å². The Kier molecular flexibility index (Phi) is 6.80. The van der Waals surface area contributed by atoms with Crippen molar-refractivity contribution in [1.82, 2.24) is 10.2 Å². The molecule has 6 heteroatoms. The molecule has 0 spiro atoms. The molecule has 146 valence electrons. The van der Waals surface area contributed by atoms with Crippen molar-refractivity contribution in [1.29, 1.82) is 0 Å². The lowest BCUT2D eigenvalue weighted by atomic mass is 9.74. The zero-order valence-corrected chi connectivity index (χ0v) is 16.9. The van der Waals surface area contributed by atoms with E-state index in [1.54, 1.807) is 14.0 Å². The van der Waals surface area contributed by atoms with Gasteiger partial charge in [-0.05, 0) is 56.9 Å². The van der Waals surface area contributed by atoms with Crippen LogP contribution in [0.3, 0.4) is 0 Å². The van der Waals surface area contributed by atoms with Crippen LogP contribution in [0.1, 0.15) is 52.4 Å². The number of likely N-dealkylation sites (tertiary alicyclic amines) is 1. The standard InChI is InChI=1S/C20H30N2O3.ClH/c1-16(23)21-19(2)12-4-5-13-20(19,22-14-6-7-15-22)25-18-10-8-17(24-3)9-11-18;/h8-11H,4-7,12-15H2,1-3H3,(H,21,23);1H. The van der Waals surface area contributed by atoms with E-state index in [0.29, 0.717) is 0 Å². The molecular formula is C20H31ClN2O3. The van der Waals surface area contributed by atoms with Gasteiger partial charge in [-0.1, -0.05) is 6.42 Å². The fourth-order valence-electron chi connectivity index (χ4n) is 4.52. The first-order valence-corrected chi connectivity index (χ1v) is 9.36. The van der Waals surface area contributed by atoms with Crippen LogP contribution in [0.2, 0.25) is 0 Å². The predicted molar refractivity (Wildman–Crippen MR) is 105 cm³/mol. The first-order chi connectivity index (χ1) is 12.0. The van der Waals surface area contributed by atoms with E-state index in [9.17, 15) is 4.79 Å². The minimum Gasteiger partial charge on any atom is -0.497 e. The topological polar surface area (TPSA) is 50.8 Å². The summed E-state index contributed by atoms with van der Waals surface area (Å²) in [5, 5.41) is 3.24. The summed E-state index contributed by atoms with van der Waals surface area (Å²) in [6.45, 7) is 5.79. The number of methoxy groups -OCH3 is 1. The number of benzene rings is 1. The van der Waals surface area contributed by atoms with Crippen molar-refractivity contribution in [3.8, 4) is 11.5 Å². The van der Waals surface area contributed by atoms with E-state index >= 15 is 0 Å². The smallest absolute Gasteiger partial charge is 0.217 e. The van der Waals surface area contributed by atoms with Crippen LogP contribution in [0.15, 0.2) is 24.3 Å². The summed E-state index contributed by atoms with van der Waals surface area (Å²) >= 11 is 0. The highest BCUT2D eigenvalue weighted by molar-refractivity contribution is 5.85. The van der Waals surface area contributed by atoms with Gasteiger partial charge in [-0.15, -0.1) is 12.4 Å². The Balaban J connectivity index is 0.00000243. The van der Waals surface area contributed by atoms with Crippen LogP contribution in [-0.4, -0.2) is 42.3 Å². The van der Waals surface area contributed by atoms with Crippen molar-refractivity contribution in [2.45, 2.75) is 63.6 Å². The minimum atomic E-state index is -0.498. The molecule has 1 aromatic rings. The number of carbonyl (C=O) groups is 1. The zero-order chi connectivity index (χ0) is 17.9. The zero-order valence-electron chi connectivity index (χ0n) is 16.0. The molecule has 3 rings (SSSR count). The van der Waals surface area contributed by atoms with E-state index in [-0.39, 0.29) is 18.3 Å². The third kappa shape index (κ3) is 3.94. The number of rotatable bonds is 5. The van der Waals surface area contributed by atoms with Crippen LogP contribution in [-0.2, 0) is 4.79 Å². The molecule has 0 bridgehead atoms. The van der Waals surface area contributed by atoms with Gasteiger partial charge >= 0.3 is 0 Å². The maximum atomic E-state index is 12.0. The lowest BCUT2D eigenvalue weighted by molar-refractivity contribution is -0.164. The Labute approximate surface area is 162 Å². The molecule has 1 amide bonds. The average molecular weight is 383 g/mol. The molecular weight excluding hydrogens is 352 g/mol. The van der Waals surface area contributed by atoms with Crippen LogP contribution in [0.25, 0.3) is 0 Å². The molecule has 1 aliphatic heterocycles. The lowest BCUT2D eigenvalue weighted by Crippen LogP contribution is -2.73. The molecule has 2 atom stereocenters. The predicted octanol–water partition coefficient (Wildman–Crippen LogP) is 3.76. The number of hydrogen-bond acceptors (Lipinski definition) is 4. The van der Waals surface area contributed by atoms with Gasteiger partial charge in [-0.2, -0.15) is 0 Å². The van der Waals surface area contributed by atoms with Crippen molar-refractivity contribution in [2.24, 2.45) is 0 Å². The molecule has 1 aliphatic carbocycles. The fraction of sp³-hybridized carbons (Fsp3) is 0.650. The minimum absolute atomic E-state index is 0. The van der Waals surface area contributed by atoms with Crippen molar-refractivity contribution in [3.05, 3.63) is 24.3 Å². The lowest BCUT2D eigenvalue weighted by Gasteiger charge is -2.55. The number of carbonyl (C=O) groups excluding carboxylic acids is 1. The van der Waals surface area contributed by atoms with Gasteiger partial charge in [0.2, 0.25) is 5.91 Å². The number of hydrogen-bond donors (Lipinski definition) is 1. The molecule has 1 aromatic carbocycles. The molecule has 0 radical (unpaired) electrons. The number of ether oxygens (including phenoxy) is 2. The largest absolute Gasteiger partial charge is 0.497 e. The van der Waals surface area contributed by atoms with Gasteiger partial charge < -0.3 is 14.8 Å². The number of halogens is 1. The Bertz CT molecular complexity index is 604. The van der Waals surface area contributed by atoms with E-state index in [1.807, 2.05) is 24.3 Å². The van der Waals surface area contributed by atoms with Gasteiger partial charge in [0.1, 0.15) is 11.5 Å². The first-order valence-electron chi connectivity index (χ1n) is 9.36. The second-order valence-corrected chi connectivity index (χ2v) is 7.48. The van der Waals surface area contributed by atoms with Crippen LogP contribution in [0.4, 0.5) is 0 Å². The third-order valence-corrected chi connectivity index (χ3v) is 5.72. The quantitative estimate of drug-likeness (QED) is 0.842. The molecule has 2 unspecified atom stereocenters. The van der Waals surface area contributed by atoms with Crippen LogP contribution >= 0.6 is 12.4 Å². The normalized spacial score (nSPS) is 28.9. The number of amides is 1. The molecule has 0 aromatic heterocycles. The molecule has 5 nitrogen and oxygen atoms in total. The summed E-state index contributed by atoms with van der Waals surface area (Å²) in [5.41, 5.74) is -0.899. The van der Waals surface area contributed by atoms with E-state index in [0.717, 1.165) is 50.3 Å². The molecule has 1 heterocycles. The van der Waals surface area contributed by atoms with E-state index in [1.165, 1.54) is 12.8 Å². The van der Waals surface area contributed by atoms with Crippen LogP contribution in [0, 0.1) is 0 Å². The SMILES string of the molecule is COc1ccc(OC2(N3CCCC3)CCCCC2(C)NC(C)=O)cc1.Cl. The van der Waals surface area contributed by atoms with Gasteiger partial charge in [0, 0.05) is 26.4 Å². The maximum absolute atomic E-state index is 12.0. The maximum Gasteiger partial charge on any atom is 0.217 e. The van der Waals surface area contributed by atoms with E-state index in [2.05, 4.69) is 17.1 Å². The molecule has 1 saturated heterocycles. The van der Waals surface area contributed by atoms with Crippen LogP contribution < -0.4 is 14.8 Å². The summed E-state index contributed by atoms with van der Waals surface area (Å²) in [5.74, 6) is 1.65. The Morgan fingerprint density at radius 3 is 2.19 bits per heavy atom. The van der Waals surface area contributed by atoms with Crippen LogP contribution in [0.5, 0.6) is 11.5 Å². The van der Waals surface area contributed by atoms with Crippen molar-refractivity contribution in [2.75, 3.05) is 20.2 Å². The van der Waals surface area contributed by atoms with Gasteiger partial charge in [0.05, 0.1) is 12.6 Å². The highest BCUT2D eigenvalue weighted by atomic mass is 35.5. The van der Waals surface area contributed by atoms with Crippen molar-refractivity contribution >= 4 is 18.3 Å². The molecule has 2 fully saturated rings. The highest BCUT2D eigenvalue weighted by Gasteiger charge is 2.56. The van der Waals surface area contributed by atoms with E-state index in [4.69, 9.17) is 9.47 Å². The summed E-state index contributed by atoms with van der Waals surface area (Å²) in [6.07, 6.45) is 6.45. The van der Waals surface area contributed by atoms with Gasteiger partial charge in [-0.3, -0.25) is 9.69 Å². The Morgan fingerprint density at radius 2 is 1.62 bits per heavy atom. The molecule has 2 aliphatic rings. The summed E-state index contributed by atoms with van der Waals surface area (Å²) < 4.78 is 12.0. The Morgan fingerprint density at radius 1 is 1.04 bits per heavy atom. The third-order valence-electron chi connectivity index (χ3n) is 5.72. The summed E-state index contributed by atoms with van der Waals surface area (Å²) in [4.78, 5) is 14.4. The summed E-state index contributed by atoms with van der Waals surface area (Å²) in [6, 6.07) is 7.76. The average Bonchev–Trinajstić information content (AvgIpc) is 3.12. The van der Waals surface area contributed by atoms with Gasteiger partial charge in [-0.25, -0.2) is 0 Å². The van der Waals surface area contributed by atoms with Crippen molar-refractivity contribution in [3.63, 3.8) is 0 Å². The highest BCUT2D eigenvalue weighted by Crippen LogP contribution is 2.44. The van der Waals surface area contributed by atoms with E-state index < -0.39 is 11.3 Å². The van der Waals surface area contributed by atoms with Gasteiger partial charge in [0.15, 0.2) is 5.72 Å². The molecule has 1 saturated carbocycles. The number of nitrogens with one attached hydrogen (secondary N) is 1. The monoisotopic (exact) mass is 382 g/mol. The first kappa shape index (κ1) is 20.8. The van der Waals surface area contributed by atoms with Crippen molar-refractivity contribution < 1.29 is 14.3 Å². The summed E-state index contributed by atoms with van der Waals surface area (Å²) in [7, 11) is 1.66. The Hall–Kier alpha value is -1.46. The second kappa shape index (κ2) is 8.49. The second-order valence-electron chi connectivity index (χ2n) is 7.48. The fourth-order valence-corrected chi connectivity index (χ4v) is 4.52. The number of nitrogens with zero attached hydrogens (tertiary/aromatic N) is 1. The molecule has 26 heavy (non-hydrogen) atoms.